The Morgan fingerprint density at radius 1 is 0.935 bits per heavy atom. The van der Waals surface area contributed by atoms with E-state index in [4.69, 9.17) is 0 Å². The first kappa shape index (κ1) is 20.4. The Hall–Kier alpha value is -2.46. The minimum absolute atomic E-state index is 0.237. The van der Waals surface area contributed by atoms with Crippen LogP contribution >= 0.6 is 0 Å². The van der Waals surface area contributed by atoms with Crippen LogP contribution in [0.15, 0.2) is 42.5 Å². The number of aryl methyl sites for hydroxylation is 1. The van der Waals surface area contributed by atoms with Crippen LogP contribution in [0.1, 0.15) is 59.2 Å². The molecule has 1 amide bonds. The predicted octanol–water partition coefficient (Wildman–Crippen LogP) is 4.44. The third-order valence-electron chi connectivity index (χ3n) is 7.42. The van der Waals surface area contributed by atoms with Crippen LogP contribution in [-0.2, 0) is 24.1 Å². The number of likely N-dealkylation sites (tertiary alicyclic amines) is 1. The monoisotopic (exact) mass is 416 g/mol. The molecule has 0 aromatic heterocycles. The fraction of sp³-hybridized carbons (Fsp3) is 0.481. The van der Waals surface area contributed by atoms with Gasteiger partial charge in [-0.2, -0.15) is 0 Å². The van der Waals surface area contributed by atoms with Gasteiger partial charge in [-0.3, -0.25) is 9.59 Å². The molecule has 3 aliphatic heterocycles. The highest BCUT2D eigenvalue weighted by molar-refractivity contribution is 6.02. The average Bonchev–Trinajstić information content (AvgIpc) is 3.25. The van der Waals surface area contributed by atoms with Gasteiger partial charge in [0.2, 0.25) is 5.91 Å². The summed E-state index contributed by atoms with van der Waals surface area (Å²) in [5.41, 5.74) is 5.78. The lowest BCUT2D eigenvalue weighted by Gasteiger charge is -2.32. The minimum atomic E-state index is 0.237. The van der Waals surface area contributed by atoms with Gasteiger partial charge in [0.05, 0.1) is 5.69 Å². The number of nitrogens with zero attached hydrogens (tertiary/aromatic N) is 2. The van der Waals surface area contributed by atoms with Gasteiger partial charge in [0.1, 0.15) is 0 Å². The fourth-order valence-electron chi connectivity index (χ4n) is 5.53. The van der Waals surface area contributed by atoms with Crippen LogP contribution in [0.25, 0.3) is 0 Å². The van der Waals surface area contributed by atoms with E-state index in [0.29, 0.717) is 18.8 Å². The molecule has 0 bridgehead atoms. The van der Waals surface area contributed by atoms with Crippen molar-refractivity contribution < 1.29 is 9.59 Å². The molecular formula is C27H32N2O2. The molecule has 4 nitrogen and oxygen atoms in total. The molecule has 1 fully saturated rings. The molecule has 3 heterocycles. The molecule has 31 heavy (non-hydrogen) atoms. The molecule has 0 atom stereocenters. The van der Waals surface area contributed by atoms with Crippen LogP contribution in [-0.4, -0.2) is 42.8 Å². The summed E-state index contributed by atoms with van der Waals surface area (Å²) in [5, 5.41) is 0. The van der Waals surface area contributed by atoms with Gasteiger partial charge in [-0.05, 0) is 86.4 Å². The van der Waals surface area contributed by atoms with Crippen molar-refractivity contribution >= 4 is 17.4 Å². The number of rotatable bonds is 7. The van der Waals surface area contributed by atoms with Gasteiger partial charge < -0.3 is 9.80 Å². The van der Waals surface area contributed by atoms with Crippen LogP contribution < -0.4 is 4.90 Å². The Bertz CT molecular complexity index is 961. The van der Waals surface area contributed by atoms with Gasteiger partial charge in [0.25, 0.3) is 0 Å². The zero-order valence-corrected chi connectivity index (χ0v) is 18.3. The lowest BCUT2D eigenvalue weighted by molar-refractivity contribution is -0.118. The van der Waals surface area contributed by atoms with Crippen LogP contribution in [0, 0.1) is 5.92 Å². The Morgan fingerprint density at radius 2 is 1.68 bits per heavy atom. The van der Waals surface area contributed by atoms with Gasteiger partial charge in [-0.1, -0.05) is 30.3 Å². The third kappa shape index (κ3) is 4.45. The Labute approximate surface area is 185 Å². The smallest absolute Gasteiger partial charge is 0.227 e. The standard InChI is InChI=1S/C27H32N2O2/c30-25(24-18-22-7-9-26(31)29-17-13-23(19-24)27(22)29)8-6-21-11-15-28(16-12-21)14-10-20-4-2-1-3-5-20/h1-5,18-19,21H,6-17H2. The van der Waals surface area contributed by atoms with Crippen molar-refractivity contribution in [2.45, 2.75) is 51.4 Å². The average molecular weight is 417 g/mol. The molecule has 0 N–H and O–H groups in total. The summed E-state index contributed by atoms with van der Waals surface area (Å²) in [6.45, 7) is 4.21. The van der Waals surface area contributed by atoms with Crippen LogP contribution in [0.5, 0.6) is 0 Å². The second-order valence-electron chi connectivity index (χ2n) is 9.42. The molecular weight excluding hydrogens is 384 g/mol. The summed E-state index contributed by atoms with van der Waals surface area (Å²) in [7, 11) is 0. The van der Waals surface area contributed by atoms with Crippen LogP contribution in [0.3, 0.4) is 0 Å². The number of hydrogen-bond donors (Lipinski definition) is 0. The second kappa shape index (κ2) is 8.96. The summed E-state index contributed by atoms with van der Waals surface area (Å²) in [6.07, 6.45) is 7.42. The fourth-order valence-corrected chi connectivity index (χ4v) is 5.53. The molecule has 0 unspecified atom stereocenters. The van der Waals surface area contributed by atoms with Crippen molar-refractivity contribution in [3.63, 3.8) is 0 Å². The maximum absolute atomic E-state index is 13.0. The number of benzene rings is 2. The first-order chi connectivity index (χ1) is 15.2. The number of piperidine rings is 1. The largest absolute Gasteiger partial charge is 0.312 e. The molecule has 1 saturated heterocycles. The minimum Gasteiger partial charge on any atom is -0.312 e. The summed E-state index contributed by atoms with van der Waals surface area (Å²) in [4.78, 5) is 29.6. The first-order valence-corrected chi connectivity index (χ1v) is 11.9. The number of carbonyl (C=O) groups is 2. The van der Waals surface area contributed by atoms with Crippen molar-refractivity contribution in [1.82, 2.24) is 4.90 Å². The lowest BCUT2D eigenvalue weighted by Crippen LogP contribution is -2.35. The van der Waals surface area contributed by atoms with E-state index >= 15 is 0 Å². The Balaban J connectivity index is 1.11. The highest BCUT2D eigenvalue weighted by Crippen LogP contribution is 2.38. The number of carbonyl (C=O) groups excluding carboxylic acids is 2. The highest BCUT2D eigenvalue weighted by atomic mass is 16.2. The van der Waals surface area contributed by atoms with E-state index in [0.717, 1.165) is 63.1 Å². The van der Waals surface area contributed by atoms with Gasteiger partial charge >= 0.3 is 0 Å². The topological polar surface area (TPSA) is 40.6 Å². The summed E-state index contributed by atoms with van der Waals surface area (Å²) in [5.74, 6) is 1.18. The SMILES string of the molecule is O=C(CCC1CCN(CCc2ccccc2)CC1)c1cc2c3c(c1)CCN3C(=O)CC2. The van der Waals surface area contributed by atoms with E-state index in [1.54, 1.807) is 0 Å². The van der Waals surface area contributed by atoms with Gasteiger partial charge in [-0.25, -0.2) is 0 Å². The Morgan fingerprint density at radius 3 is 2.45 bits per heavy atom. The number of hydrogen-bond acceptors (Lipinski definition) is 3. The maximum atomic E-state index is 13.0. The number of ketones is 1. The summed E-state index contributed by atoms with van der Waals surface area (Å²) < 4.78 is 0. The molecule has 4 heteroatoms. The molecule has 0 saturated carbocycles. The maximum Gasteiger partial charge on any atom is 0.227 e. The first-order valence-electron chi connectivity index (χ1n) is 11.9. The number of Topliss-reactive ketones (excluding diaryl/α,β-unsaturated/α-hetero) is 1. The zero-order valence-electron chi connectivity index (χ0n) is 18.3. The van der Waals surface area contributed by atoms with E-state index in [1.165, 1.54) is 29.5 Å². The molecule has 5 rings (SSSR count). The molecule has 162 valence electrons. The molecule has 2 aromatic rings. The predicted molar refractivity (Wildman–Crippen MR) is 124 cm³/mol. The summed E-state index contributed by atoms with van der Waals surface area (Å²) in [6, 6.07) is 14.9. The quantitative estimate of drug-likeness (QED) is 0.627. The van der Waals surface area contributed by atoms with E-state index in [-0.39, 0.29) is 11.7 Å². The van der Waals surface area contributed by atoms with Crippen molar-refractivity contribution in [2.75, 3.05) is 31.1 Å². The van der Waals surface area contributed by atoms with Gasteiger partial charge in [-0.15, -0.1) is 0 Å². The third-order valence-corrected chi connectivity index (χ3v) is 7.42. The van der Waals surface area contributed by atoms with E-state index in [1.807, 2.05) is 4.90 Å². The highest BCUT2D eigenvalue weighted by Gasteiger charge is 2.32. The van der Waals surface area contributed by atoms with Gasteiger partial charge in [0, 0.05) is 31.5 Å². The Kier molecular flexibility index (Phi) is 5.91. The van der Waals surface area contributed by atoms with Crippen LogP contribution in [0.2, 0.25) is 0 Å². The summed E-state index contributed by atoms with van der Waals surface area (Å²) >= 11 is 0. The van der Waals surface area contributed by atoms with Gasteiger partial charge in [0.15, 0.2) is 5.78 Å². The van der Waals surface area contributed by atoms with Crippen LogP contribution in [0.4, 0.5) is 5.69 Å². The van der Waals surface area contributed by atoms with Crippen molar-refractivity contribution in [3.05, 3.63) is 64.7 Å². The normalized spacial score (nSPS) is 19.0. The molecule has 3 aliphatic rings. The number of amides is 1. The molecule has 0 radical (unpaired) electrons. The molecule has 2 aromatic carbocycles. The van der Waals surface area contributed by atoms with E-state index in [9.17, 15) is 9.59 Å². The van der Waals surface area contributed by atoms with Crippen molar-refractivity contribution in [2.24, 2.45) is 5.92 Å². The zero-order chi connectivity index (χ0) is 21.2. The number of anilines is 1. The van der Waals surface area contributed by atoms with Crippen molar-refractivity contribution in [3.8, 4) is 0 Å². The van der Waals surface area contributed by atoms with E-state index in [2.05, 4.69) is 47.4 Å². The lowest BCUT2D eigenvalue weighted by atomic mass is 9.89. The van der Waals surface area contributed by atoms with E-state index < -0.39 is 0 Å². The molecule has 0 spiro atoms. The second-order valence-corrected chi connectivity index (χ2v) is 9.42. The molecule has 0 aliphatic carbocycles. The van der Waals surface area contributed by atoms with Crippen molar-refractivity contribution in [1.29, 1.82) is 0 Å².